The lowest BCUT2D eigenvalue weighted by Crippen LogP contribution is -2.12. The van der Waals surface area contributed by atoms with E-state index < -0.39 is 5.91 Å². The van der Waals surface area contributed by atoms with Crippen LogP contribution in [0.3, 0.4) is 0 Å². The van der Waals surface area contributed by atoms with Gasteiger partial charge in [-0.15, -0.1) is 11.3 Å². The number of anilines is 3. The number of nitrogen functional groups attached to an aromatic ring is 2. The first kappa shape index (κ1) is 23.9. The van der Waals surface area contributed by atoms with E-state index in [1.165, 1.54) is 27.5 Å². The molecule has 5 N–H and O–H groups in total. The normalized spacial score (nSPS) is 10.6. The van der Waals surface area contributed by atoms with Gasteiger partial charge in [-0.2, -0.15) is 5.26 Å². The predicted molar refractivity (Wildman–Crippen MR) is 135 cm³/mol. The number of ether oxygens (including phenoxy) is 3. The maximum absolute atomic E-state index is 13.0. The summed E-state index contributed by atoms with van der Waals surface area (Å²) in [5.41, 5.74) is 13.7. The number of nitrogens with one attached hydrogen (secondary N) is 1. The third-order valence-electron chi connectivity index (χ3n) is 5.15. The van der Waals surface area contributed by atoms with E-state index in [9.17, 15) is 10.1 Å². The lowest BCUT2D eigenvalue weighted by atomic mass is 9.96. The molecular weight excluding hydrogens is 492 g/mol. The van der Waals surface area contributed by atoms with Crippen LogP contribution in [-0.4, -0.2) is 37.2 Å². The van der Waals surface area contributed by atoms with Gasteiger partial charge in [0.1, 0.15) is 33.0 Å². The minimum Gasteiger partial charge on any atom is -0.493 e. The molecule has 1 aromatic carbocycles. The fourth-order valence-corrected chi connectivity index (χ4v) is 4.71. The molecule has 3 aromatic heterocycles. The van der Waals surface area contributed by atoms with Crippen molar-refractivity contribution < 1.29 is 19.0 Å². The maximum Gasteiger partial charge on any atom is 0.269 e. The van der Waals surface area contributed by atoms with E-state index in [0.29, 0.717) is 49.4 Å². The molecule has 0 radical (unpaired) electrons. The van der Waals surface area contributed by atoms with E-state index in [4.69, 9.17) is 37.3 Å². The number of nitrogens with two attached hydrogens (primary N) is 2. The van der Waals surface area contributed by atoms with Crippen molar-refractivity contribution in [2.24, 2.45) is 0 Å². The van der Waals surface area contributed by atoms with Crippen molar-refractivity contribution in [1.29, 1.82) is 5.26 Å². The molecule has 0 aliphatic rings. The Morgan fingerprint density at radius 3 is 2.37 bits per heavy atom. The summed E-state index contributed by atoms with van der Waals surface area (Å²) >= 11 is 6.91. The topological polar surface area (TPSA) is 158 Å². The van der Waals surface area contributed by atoms with Gasteiger partial charge in [-0.05, 0) is 29.8 Å². The average Bonchev–Trinajstić information content (AvgIpc) is 3.19. The summed E-state index contributed by atoms with van der Waals surface area (Å²) in [5, 5.41) is 13.4. The molecule has 12 heteroatoms. The number of halogens is 1. The first-order valence-corrected chi connectivity index (χ1v) is 11.2. The molecule has 0 aliphatic carbocycles. The SMILES string of the molecule is COc1cc(-c2c(C#N)c(N)nc3sc(C(=O)Nc4ccc(Cl)cn4)c(N)c23)cc(OC)c1OC. The van der Waals surface area contributed by atoms with Crippen LogP contribution in [0, 0.1) is 11.3 Å². The van der Waals surface area contributed by atoms with E-state index >= 15 is 0 Å². The van der Waals surface area contributed by atoms with Crippen LogP contribution in [0.25, 0.3) is 21.3 Å². The van der Waals surface area contributed by atoms with E-state index in [2.05, 4.69) is 21.4 Å². The molecule has 10 nitrogen and oxygen atoms in total. The molecule has 0 fully saturated rings. The zero-order valence-electron chi connectivity index (χ0n) is 18.8. The predicted octanol–water partition coefficient (Wildman–Crippen LogP) is 4.33. The van der Waals surface area contributed by atoms with E-state index in [1.54, 1.807) is 24.3 Å². The minimum atomic E-state index is -0.492. The quantitative estimate of drug-likeness (QED) is 0.343. The average molecular weight is 511 g/mol. The lowest BCUT2D eigenvalue weighted by Gasteiger charge is -2.16. The maximum atomic E-state index is 13.0. The molecular formula is C23H19ClN6O4S. The summed E-state index contributed by atoms with van der Waals surface area (Å²) in [6.45, 7) is 0. The number of nitrogens with zero attached hydrogens (tertiary/aromatic N) is 3. The number of carbonyl (C=O) groups is 1. The van der Waals surface area contributed by atoms with Gasteiger partial charge in [0, 0.05) is 17.1 Å². The third-order valence-corrected chi connectivity index (χ3v) is 6.47. The molecule has 35 heavy (non-hydrogen) atoms. The molecule has 0 saturated heterocycles. The number of rotatable bonds is 6. The molecule has 0 spiro atoms. The van der Waals surface area contributed by atoms with Gasteiger partial charge in [-0.25, -0.2) is 9.97 Å². The standard InChI is InChI=1S/C23H19ClN6O4S/c1-32-13-6-10(7-14(33-2)19(13)34-3)16-12(8-25)21(27)30-23-17(16)18(26)20(35-23)22(31)29-15-5-4-11(24)9-28-15/h4-7,9H,26H2,1-3H3,(H2,27,30)(H,28,29,31). The molecule has 0 aliphatic heterocycles. The van der Waals surface area contributed by atoms with Crippen molar-refractivity contribution in [2.45, 2.75) is 0 Å². The van der Waals surface area contributed by atoms with Gasteiger partial charge in [0.05, 0.1) is 32.0 Å². The number of aromatic nitrogens is 2. The Hall–Kier alpha value is -4.27. The summed E-state index contributed by atoms with van der Waals surface area (Å²) in [7, 11) is 4.45. The van der Waals surface area contributed by atoms with Crippen molar-refractivity contribution in [1.82, 2.24) is 9.97 Å². The highest BCUT2D eigenvalue weighted by molar-refractivity contribution is 7.21. The first-order valence-electron chi connectivity index (χ1n) is 9.97. The second kappa shape index (κ2) is 9.54. The molecule has 4 rings (SSSR count). The molecule has 1 amide bonds. The second-order valence-electron chi connectivity index (χ2n) is 7.11. The molecule has 178 valence electrons. The number of hydrogen-bond acceptors (Lipinski definition) is 10. The molecule has 3 heterocycles. The Labute approximate surface area is 209 Å². The summed E-state index contributed by atoms with van der Waals surface area (Å²) in [6, 6.07) is 8.60. The van der Waals surface area contributed by atoms with Crippen molar-refractivity contribution in [3.8, 4) is 34.4 Å². The largest absolute Gasteiger partial charge is 0.493 e. The van der Waals surface area contributed by atoms with Crippen LogP contribution in [0.2, 0.25) is 5.02 Å². The Balaban J connectivity index is 1.95. The highest BCUT2D eigenvalue weighted by Crippen LogP contribution is 2.47. The summed E-state index contributed by atoms with van der Waals surface area (Å²) in [4.78, 5) is 22.0. The van der Waals surface area contributed by atoms with Crippen LogP contribution in [0.4, 0.5) is 17.3 Å². The lowest BCUT2D eigenvalue weighted by molar-refractivity contribution is 0.103. The van der Waals surface area contributed by atoms with Gasteiger partial charge in [0.25, 0.3) is 5.91 Å². The van der Waals surface area contributed by atoms with Crippen LogP contribution >= 0.6 is 22.9 Å². The van der Waals surface area contributed by atoms with Crippen molar-refractivity contribution in [2.75, 3.05) is 38.1 Å². The van der Waals surface area contributed by atoms with E-state index in [0.717, 1.165) is 11.3 Å². The second-order valence-corrected chi connectivity index (χ2v) is 8.55. The number of thiophene rings is 1. The highest BCUT2D eigenvalue weighted by Gasteiger charge is 2.26. The molecule has 0 bridgehead atoms. The minimum absolute atomic E-state index is 0.00340. The van der Waals surface area contributed by atoms with Gasteiger partial charge in [0.15, 0.2) is 11.5 Å². The van der Waals surface area contributed by atoms with Crippen LogP contribution in [0.15, 0.2) is 30.5 Å². The van der Waals surface area contributed by atoms with Crippen LogP contribution in [0.1, 0.15) is 15.2 Å². The summed E-state index contributed by atoms with van der Waals surface area (Å²) < 4.78 is 16.3. The Morgan fingerprint density at radius 1 is 1.14 bits per heavy atom. The zero-order valence-corrected chi connectivity index (χ0v) is 20.4. The number of fused-ring (bicyclic) bond motifs is 1. The summed E-state index contributed by atoms with van der Waals surface area (Å²) in [5.74, 6) is 0.921. The van der Waals surface area contributed by atoms with Gasteiger partial charge >= 0.3 is 0 Å². The fraction of sp³-hybridized carbons (Fsp3) is 0.130. The monoisotopic (exact) mass is 510 g/mol. The van der Waals surface area contributed by atoms with Crippen molar-refractivity contribution >= 4 is 56.4 Å². The van der Waals surface area contributed by atoms with E-state index in [-0.39, 0.29) is 21.9 Å². The highest BCUT2D eigenvalue weighted by atomic mass is 35.5. The van der Waals surface area contributed by atoms with Crippen LogP contribution in [-0.2, 0) is 0 Å². The number of pyridine rings is 2. The number of benzene rings is 1. The Bertz CT molecular complexity index is 1470. The van der Waals surface area contributed by atoms with Gasteiger partial charge in [-0.3, -0.25) is 4.79 Å². The van der Waals surface area contributed by atoms with Crippen LogP contribution in [0.5, 0.6) is 17.2 Å². The first-order chi connectivity index (χ1) is 16.8. The molecule has 0 unspecified atom stereocenters. The fourth-order valence-electron chi connectivity index (χ4n) is 3.59. The van der Waals surface area contributed by atoms with Crippen LogP contribution < -0.4 is 31.0 Å². The van der Waals surface area contributed by atoms with Gasteiger partial charge < -0.3 is 31.0 Å². The molecule has 0 saturated carbocycles. The van der Waals surface area contributed by atoms with Crippen molar-refractivity contribution in [3.05, 3.63) is 45.9 Å². The van der Waals surface area contributed by atoms with Gasteiger partial charge in [-0.1, -0.05) is 11.6 Å². The zero-order chi connectivity index (χ0) is 25.3. The smallest absolute Gasteiger partial charge is 0.269 e. The van der Waals surface area contributed by atoms with Gasteiger partial charge in [0.2, 0.25) is 5.75 Å². The number of methoxy groups -OCH3 is 3. The molecule has 0 atom stereocenters. The Morgan fingerprint density at radius 2 is 1.83 bits per heavy atom. The van der Waals surface area contributed by atoms with Crippen molar-refractivity contribution in [3.63, 3.8) is 0 Å². The third kappa shape index (κ3) is 4.21. The number of carbonyl (C=O) groups excluding carboxylic acids is 1. The number of hydrogen-bond donors (Lipinski definition) is 3. The number of amides is 1. The number of nitriles is 1. The summed E-state index contributed by atoms with van der Waals surface area (Å²) in [6.07, 6.45) is 1.41. The molecule has 4 aromatic rings. The Kier molecular flexibility index (Phi) is 6.50. The van der Waals surface area contributed by atoms with E-state index in [1.807, 2.05) is 0 Å².